The van der Waals surface area contributed by atoms with Crippen molar-refractivity contribution in [2.24, 2.45) is 0 Å². The lowest BCUT2D eigenvalue weighted by molar-refractivity contribution is -0.138. The number of rotatable bonds is 7. The molecule has 2 rings (SSSR count). The van der Waals surface area contributed by atoms with Gasteiger partial charge in [-0.25, -0.2) is 13.4 Å². The predicted octanol–water partition coefficient (Wildman–Crippen LogP) is 1.19. The number of benzene rings is 1. The number of imidazole rings is 1. The summed E-state index contributed by atoms with van der Waals surface area (Å²) in [6.45, 7) is 4.15. The average Bonchev–Trinajstić information content (AvgIpc) is 2.89. The summed E-state index contributed by atoms with van der Waals surface area (Å²) in [6, 6.07) is 7.60. The van der Waals surface area contributed by atoms with Crippen LogP contribution < -0.4 is 4.72 Å². The topological polar surface area (TPSA) is 101 Å². The molecule has 1 heterocycles. The van der Waals surface area contributed by atoms with E-state index in [2.05, 4.69) is 9.71 Å². The lowest BCUT2D eigenvalue weighted by atomic mass is 10.1. The smallest absolute Gasteiger partial charge is 0.322 e. The highest BCUT2D eigenvalue weighted by molar-refractivity contribution is 7.89. The number of aromatic nitrogens is 2. The Labute approximate surface area is 135 Å². The summed E-state index contributed by atoms with van der Waals surface area (Å²) >= 11 is 0. The summed E-state index contributed by atoms with van der Waals surface area (Å²) in [6.07, 6.45) is 1.46. The maximum Gasteiger partial charge on any atom is 0.322 e. The van der Waals surface area contributed by atoms with Crippen LogP contribution in [0.5, 0.6) is 0 Å². The minimum atomic E-state index is -4.00. The second-order valence-electron chi connectivity index (χ2n) is 5.11. The van der Waals surface area contributed by atoms with E-state index in [4.69, 9.17) is 0 Å². The maximum absolute atomic E-state index is 12.4. The van der Waals surface area contributed by atoms with Gasteiger partial charge in [0.15, 0.2) is 5.03 Å². The fraction of sp³-hybridized carbons (Fsp3) is 0.333. The van der Waals surface area contributed by atoms with E-state index in [0.717, 1.165) is 5.56 Å². The number of carbonyl (C=O) groups is 1. The van der Waals surface area contributed by atoms with Crippen molar-refractivity contribution in [2.45, 2.75) is 37.9 Å². The molecule has 2 N–H and O–H groups in total. The quantitative estimate of drug-likeness (QED) is 0.790. The van der Waals surface area contributed by atoms with Gasteiger partial charge in [0.2, 0.25) is 0 Å². The van der Waals surface area contributed by atoms with Gasteiger partial charge < -0.3 is 9.67 Å². The monoisotopic (exact) mass is 337 g/mol. The third kappa shape index (κ3) is 4.17. The largest absolute Gasteiger partial charge is 0.480 e. The summed E-state index contributed by atoms with van der Waals surface area (Å²) in [5.74, 6) is -0.674. The normalized spacial score (nSPS) is 13.0. The number of aliphatic carboxylic acids is 1. The Hall–Kier alpha value is -2.19. The van der Waals surface area contributed by atoms with Gasteiger partial charge in [-0.3, -0.25) is 4.79 Å². The van der Waals surface area contributed by atoms with Crippen molar-refractivity contribution in [3.8, 4) is 0 Å². The Morgan fingerprint density at radius 3 is 2.52 bits per heavy atom. The summed E-state index contributed by atoms with van der Waals surface area (Å²) < 4.78 is 28.6. The van der Waals surface area contributed by atoms with Crippen LogP contribution in [0.4, 0.5) is 0 Å². The zero-order valence-corrected chi connectivity index (χ0v) is 13.7. The van der Waals surface area contributed by atoms with Crippen LogP contribution in [0.15, 0.2) is 41.6 Å². The second-order valence-corrected chi connectivity index (χ2v) is 6.78. The van der Waals surface area contributed by atoms with Crippen LogP contribution in [0.3, 0.4) is 0 Å². The molecule has 2 aromatic rings. The molecule has 7 nitrogen and oxygen atoms in total. The van der Waals surface area contributed by atoms with Gasteiger partial charge in [-0.2, -0.15) is 4.72 Å². The third-order valence-electron chi connectivity index (χ3n) is 3.45. The van der Waals surface area contributed by atoms with Gasteiger partial charge in [0.1, 0.15) is 11.9 Å². The second kappa shape index (κ2) is 6.93. The Morgan fingerprint density at radius 1 is 1.35 bits per heavy atom. The molecule has 0 amide bonds. The van der Waals surface area contributed by atoms with E-state index in [1.165, 1.54) is 6.20 Å². The molecule has 0 aliphatic heterocycles. The van der Waals surface area contributed by atoms with Gasteiger partial charge in [-0.15, -0.1) is 0 Å². The van der Waals surface area contributed by atoms with Crippen molar-refractivity contribution < 1.29 is 18.3 Å². The third-order valence-corrected chi connectivity index (χ3v) is 4.79. The maximum atomic E-state index is 12.4. The lowest BCUT2D eigenvalue weighted by Gasteiger charge is -2.13. The molecule has 0 aliphatic carbocycles. The average molecular weight is 337 g/mol. The Kier molecular flexibility index (Phi) is 5.17. The van der Waals surface area contributed by atoms with Crippen LogP contribution in [-0.4, -0.2) is 35.1 Å². The molecule has 0 fully saturated rings. The van der Waals surface area contributed by atoms with Crippen LogP contribution in [0, 0.1) is 6.92 Å². The van der Waals surface area contributed by atoms with Crippen LogP contribution in [0.25, 0.3) is 0 Å². The SMILES string of the molecule is CCn1cc(S(=O)(=O)N[C@H](Cc2ccccc2)C(=O)O)nc1C. The first-order valence-corrected chi connectivity index (χ1v) is 8.64. The summed E-state index contributed by atoms with van der Waals surface area (Å²) in [5.41, 5.74) is 0.734. The Bertz CT molecular complexity index is 784. The minimum Gasteiger partial charge on any atom is -0.480 e. The van der Waals surface area contributed by atoms with Crippen LogP contribution in [0.2, 0.25) is 0 Å². The van der Waals surface area contributed by atoms with E-state index in [1.807, 2.05) is 13.0 Å². The van der Waals surface area contributed by atoms with Crippen molar-refractivity contribution in [1.29, 1.82) is 0 Å². The van der Waals surface area contributed by atoms with Gasteiger partial charge in [0, 0.05) is 12.7 Å². The number of hydrogen-bond donors (Lipinski definition) is 2. The first kappa shape index (κ1) is 17.2. The number of nitrogens with one attached hydrogen (secondary N) is 1. The van der Waals surface area contributed by atoms with E-state index in [-0.39, 0.29) is 11.4 Å². The molecule has 0 bridgehead atoms. The van der Waals surface area contributed by atoms with E-state index in [9.17, 15) is 18.3 Å². The Morgan fingerprint density at radius 2 is 2.00 bits per heavy atom. The standard InChI is InChI=1S/C15H19N3O4S/c1-3-18-10-14(16-11(18)2)23(21,22)17-13(15(19)20)9-12-7-5-4-6-8-12/h4-8,10,13,17H,3,9H2,1-2H3,(H,19,20)/t13-/m1/s1. The highest BCUT2D eigenvalue weighted by Gasteiger charge is 2.27. The molecule has 0 saturated carbocycles. The van der Waals surface area contributed by atoms with E-state index < -0.39 is 22.0 Å². The minimum absolute atomic E-state index is 0.0584. The van der Waals surface area contributed by atoms with Crippen molar-refractivity contribution in [2.75, 3.05) is 0 Å². The molecule has 1 atom stereocenters. The fourth-order valence-electron chi connectivity index (χ4n) is 2.21. The molecular formula is C15H19N3O4S. The van der Waals surface area contributed by atoms with Gasteiger partial charge in [-0.1, -0.05) is 30.3 Å². The van der Waals surface area contributed by atoms with Gasteiger partial charge in [0.05, 0.1) is 0 Å². The molecule has 0 saturated heterocycles. The zero-order chi connectivity index (χ0) is 17.0. The number of hydrogen-bond acceptors (Lipinski definition) is 4. The first-order chi connectivity index (χ1) is 10.8. The van der Waals surface area contributed by atoms with Crippen LogP contribution in [0.1, 0.15) is 18.3 Å². The highest BCUT2D eigenvalue weighted by atomic mass is 32.2. The van der Waals surface area contributed by atoms with Gasteiger partial charge in [0.25, 0.3) is 10.0 Å². The molecule has 0 radical (unpaired) electrons. The molecule has 8 heteroatoms. The van der Waals surface area contributed by atoms with E-state index >= 15 is 0 Å². The molecular weight excluding hydrogens is 318 g/mol. The Balaban J connectivity index is 2.22. The number of sulfonamides is 1. The van der Waals surface area contributed by atoms with Crippen molar-refractivity contribution in [3.63, 3.8) is 0 Å². The van der Waals surface area contributed by atoms with Crippen molar-refractivity contribution >= 4 is 16.0 Å². The number of carboxylic acids is 1. The fourth-order valence-corrected chi connectivity index (χ4v) is 3.40. The highest BCUT2D eigenvalue weighted by Crippen LogP contribution is 2.11. The first-order valence-electron chi connectivity index (χ1n) is 7.16. The zero-order valence-electron chi connectivity index (χ0n) is 12.9. The van der Waals surface area contributed by atoms with E-state index in [1.54, 1.807) is 35.8 Å². The van der Waals surface area contributed by atoms with Crippen LogP contribution in [-0.2, 0) is 27.8 Å². The molecule has 23 heavy (non-hydrogen) atoms. The number of nitrogens with zero attached hydrogens (tertiary/aromatic N) is 2. The summed E-state index contributed by atoms with van der Waals surface area (Å²) in [4.78, 5) is 15.4. The molecule has 124 valence electrons. The number of carboxylic acid groups (broad SMARTS) is 1. The van der Waals surface area contributed by atoms with E-state index in [0.29, 0.717) is 12.4 Å². The number of aryl methyl sites for hydroxylation is 2. The predicted molar refractivity (Wildman–Crippen MR) is 84.5 cm³/mol. The molecule has 0 unspecified atom stereocenters. The molecule has 0 spiro atoms. The summed E-state index contributed by atoms with van der Waals surface area (Å²) in [5, 5.41) is 9.13. The van der Waals surface area contributed by atoms with Crippen molar-refractivity contribution in [3.05, 3.63) is 47.9 Å². The molecule has 1 aromatic carbocycles. The van der Waals surface area contributed by atoms with Crippen LogP contribution >= 0.6 is 0 Å². The van der Waals surface area contributed by atoms with Gasteiger partial charge in [-0.05, 0) is 25.8 Å². The van der Waals surface area contributed by atoms with Crippen molar-refractivity contribution in [1.82, 2.24) is 14.3 Å². The molecule has 1 aromatic heterocycles. The molecule has 0 aliphatic rings. The lowest BCUT2D eigenvalue weighted by Crippen LogP contribution is -2.42. The summed E-state index contributed by atoms with van der Waals surface area (Å²) in [7, 11) is -4.00. The van der Waals surface area contributed by atoms with Gasteiger partial charge >= 0.3 is 5.97 Å².